The smallest absolute Gasteiger partial charge is 0.191 e. The molecule has 1 aliphatic heterocycles. The van der Waals surface area contributed by atoms with Crippen LogP contribution in [0.25, 0.3) is 0 Å². The Morgan fingerprint density at radius 2 is 1.82 bits per heavy atom. The second-order valence-electron chi connectivity index (χ2n) is 7.46. The van der Waals surface area contributed by atoms with Gasteiger partial charge in [-0.2, -0.15) is 0 Å². The summed E-state index contributed by atoms with van der Waals surface area (Å²) in [4.78, 5) is 9.30. The summed E-state index contributed by atoms with van der Waals surface area (Å²) in [7, 11) is 2.15. The maximum atomic E-state index is 13.8. The molecule has 160 valence electrons. The summed E-state index contributed by atoms with van der Waals surface area (Å²) >= 11 is 0. The summed E-state index contributed by atoms with van der Waals surface area (Å²) in [5.41, 5.74) is 0.256. The molecular formula is C20H34F2IN5. The third-order valence-corrected chi connectivity index (χ3v) is 5.01. The average Bonchev–Trinajstić information content (AvgIpc) is 2.63. The van der Waals surface area contributed by atoms with Gasteiger partial charge in [-0.25, -0.2) is 13.8 Å². The lowest BCUT2D eigenvalue weighted by atomic mass is 10.0. The van der Waals surface area contributed by atoms with Gasteiger partial charge in [-0.05, 0) is 38.1 Å². The fourth-order valence-electron chi connectivity index (χ4n) is 3.31. The Labute approximate surface area is 185 Å². The van der Waals surface area contributed by atoms with Gasteiger partial charge in [0.05, 0.1) is 6.54 Å². The van der Waals surface area contributed by atoms with Crippen molar-refractivity contribution in [1.82, 2.24) is 20.4 Å². The molecule has 1 aliphatic rings. The lowest BCUT2D eigenvalue weighted by Crippen LogP contribution is -2.55. The van der Waals surface area contributed by atoms with Crippen LogP contribution in [0.5, 0.6) is 0 Å². The zero-order valence-corrected chi connectivity index (χ0v) is 19.7. The first kappa shape index (κ1) is 25.0. The lowest BCUT2D eigenvalue weighted by molar-refractivity contribution is 0.0900. The van der Waals surface area contributed by atoms with Crippen LogP contribution in [0.1, 0.15) is 26.3 Å². The van der Waals surface area contributed by atoms with E-state index in [1.165, 1.54) is 6.07 Å². The quantitative estimate of drug-likeness (QED) is 0.337. The topological polar surface area (TPSA) is 42.9 Å². The number of nitrogens with one attached hydrogen (secondary N) is 2. The molecule has 0 aliphatic carbocycles. The molecule has 0 saturated carbocycles. The van der Waals surface area contributed by atoms with E-state index in [-0.39, 0.29) is 36.1 Å². The molecule has 0 spiro atoms. The van der Waals surface area contributed by atoms with Crippen LogP contribution in [0.3, 0.4) is 0 Å². The SMILES string of the molecule is CCNC(=NCc1cc(F)ccc1F)NCC(C(C)C)N1CCN(C)CC1.I. The molecule has 5 nitrogen and oxygen atoms in total. The van der Waals surface area contributed by atoms with Crippen molar-refractivity contribution in [2.24, 2.45) is 10.9 Å². The summed E-state index contributed by atoms with van der Waals surface area (Å²) in [5.74, 6) is 0.244. The Balaban J connectivity index is 0.00000392. The monoisotopic (exact) mass is 509 g/mol. The highest BCUT2D eigenvalue weighted by atomic mass is 127. The largest absolute Gasteiger partial charge is 0.357 e. The van der Waals surface area contributed by atoms with Crippen molar-refractivity contribution >= 4 is 29.9 Å². The van der Waals surface area contributed by atoms with E-state index in [4.69, 9.17) is 0 Å². The molecule has 0 bridgehead atoms. The number of rotatable bonds is 7. The molecule has 1 aromatic carbocycles. The van der Waals surface area contributed by atoms with E-state index in [0.29, 0.717) is 24.5 Å². The van der Waals surface area contributed by atoms with Gasteiger partial charge in [-0.1, -0.05) is 13.8 Å². The molecule has 1 unspecified atom stereocenters. The van der Waals surface area contributed by atoms with Crippen molar-refractivity contribution in [2.45, 2.75) is 33.4 Å². The first-order chi connectivity index (χ1) is 12.9. The number of halogens is 3. The minimum atomic E-state index is -0.450. The summed E-state index contributed by atoms with van der Waals surface area (Å²) in [6.07, 6.45) is 0. The normalized spacial score (nSPS) is 17.3. The molecule has 1 saturated heterocycles. The number of aliphatic imine (C=N–C) groups is 1. The predicted molar refractivity (Wildman–Crippen MR) is 122 cm³/mol. The molecule has 2 rings (SSSR count). The standard InChI is InChI=1S/C20H33F2N5.HI/c1-5-23-20(24-13-16-12-17(21)6-7-18(16)22)25-14-19(15(2)3)27-10-8-26(4)9-11-27;/h6-7,12,15,19H,5,8-11,13-14H2,1-4H3,(H2,23,24,25);1H. The van der Waals surface area contributed by atoms with E-state index in [9.17, 15) is 8.78 Å². The summed E-state index contributed by atoms with van der Waals surface area (Å²) in [5, 5.41) is 6.57. The van der Waals surface area contributed by atoms with Crippen molar-refractivity contribution in [3.05, 3.63) is 35.4 Å². The molecule has 0 radical (unpaired) electrons. The van der Waals surface area contributed by atoms with E-state index in [1.807, 2.05) is 6.92 Å². The number of benzene rings is 1. The number of nitrogens with zero attached hydrogens (tertiary/aromatic N) is 3. The highest BCUT2D eigenvalue weighted by Crippen LogP contribution is 2.13. The van der Waals surface area contributed by atoms with Gasteiger partial charge in [0.1, 0.15) is 11.6 Å². The predicted octanol–water partition coefficient (Wildman–Crippen LogP) is 2.91. The van der Waals surface area contributed by atoms with Crippen molar-refractivity contribution in [1.29, 1.82) is 0 Å². The second-order valence-corrected chi connectivity index (χ2v) is 7.46. The Morgan fingerprint density at radius 1 is 1.14 bits per heavy atom. The van der Waals surface area contributed by atoms with Gasteiger partial charge in [-0.15, -0.1) is 24.0 Å². The summed E-state index contributed by atoms with van der Waals surface area (Å²) in [6.45, 7) is 12.3. The Kier molecular flexibility index (Phi) is 11.2. The van der Waals surface area contributed by atoms with Gasteiger partial charge in [-0.3, -0.25) is 4.90 Å². The number of likely N-dealkylation sites (N-methyl/N-ethyl adjacent to an activating group) is 1. The molecule has 1 fully saturated rings. The molecule has 1 atom stereocenters. The first-order valence-electron chi connectivity index (χ1n) is 9.79. The number of hydrogen-bond donors (Lipinski definition) is 2. The van der Waals surface area contributed by atoms with E-state index < -0.39 is 11.6 Å². The molecule has 0 aromatic heterocycles. The van der Waals surface area contributed by atoms with E-state index >= 15 is 0 Å². The zero-order chi connectivity index (χ0) is 19.8. The van der Waals surface area contributed by atoms with Gasteiger partial charge in [0.2, 0.25) is 0 Å². The first-order valence-corrected chi connectivity index (χ1v) is 9.79. The van der Waals surface area contributed by atoms with Crippen molar-refractivity contribution in [3.8, 4) is 0 Å². The summed E-state index contributed by atoms with van der Waals surface area (Å²) in [6, 6.07) is 3.86. The van der Waals surface area contributed by atoms with Crippen LogP contribution in [0.2, 0.25) is 0 Å². The van der Waals surface area contributed by atoms with Crippen LogP contribution < -0.4 is 10.6 Å². The molecule has 1 aromatic rings. The van der Waals surface area contributed by atoms with Crippen LogP contribution in [0.15, 0.2) is 23.2 Å². The second kappa shape index (κ2) is 12.5. The van der Waals surface area contributed by atoms with Crippen LogP contribution in [-0.4, -0.2) is 68.1 Å². The molecule has 2 N–H and O–H groups in total. The number of piperazine rings is 1. The lowest BCUT2D eigenvalue weighted by Gasteiger charge is -2.40. The van der Waals surface area contributed by atoms with Gasteiger partial charge >= 0.3 is 0 Å². The fraction of sp³-hybridized carbons (Fsp3) is 0.650. The maximum absolute atomic E-state index is 13.8. The van der Waals surface area contributed by atoms with Gasteiger partial charge in [0, 0.05) is 50.9 Å². The van der Waals surface area contributed by atoms with E-state index in [0.717, 1.165) is 44.9 Å². The van der Waals surface area contributed by atoms with Crippen LogP contribution in [-0.2, 0) is 6.54 Å². The van der Waals surface area contributed by atoms with E-state index in [2.05, 4.69) is 46.3 Å². The Bertz CT molecular complexity index is 619. The van der Waals surface area contributed by atoms with Crippen molar-refractivity contribution in [2.75, 3.05) is 46.3 Å². The fourth-order valence-corrected chi connectivity index (χ4v) is 3.31. The van der Waals surface area contributed by atoms with Crippen LogP contribution >= 0.6 is 24.0 Å². The van der Waals surface area contributed by atoms with Crippen LogP contribution in [0.4, 0.5) is 8.78 Å². The minimum absolute atomic E-state index is 0. The highest BCUT2D eigenvalue weighted by molar-refractivity contribution is 14.0. The molecule has 8 heteroatoms. The molecular weight excluding hydrogens is 475 g/mol. The molecule has 0 amide bonds. The van der Waals surface area contributed by atoms with Crippen molar-refractivity contribution < 1.29 is 8.78 Å². The Hall–Kier alpha value is -1.00. The van der Waals surface area contributed by atoms with E-state index in [1.54, 1.807) is 0 Å². The summed E-state index contributed by atoms with van der Waals surface area (Å²) < 4.78 is 27.2. The molecule has 1 heterocycles. The molecule has 28 heavy (non-hydrogen) atoms. The Morgan fingerprint density at radius 3 is 2.43 bits per heavy atom. The number of hydrogen-bond acceptors (Lipinski definition) is 3. The highest BCUT2D eigenvalue weighted by Gasteiger charge is 2.25. The third kappa shape index (κ3) is 7.79. The average molecular weight is 509 g/mol. The van der Waals surface area contributed by atoms with Crippen LogP contribution in [0, 0.1) is 17.6 Å². The van der Waals surface area contributed by atoms with Gasteiger partial charge in [0.25, 0.3) is 0 Å². The maximum Gasteiger partial charge on any atom is 0.191 e. The van der Waals surface area contributed by atoms with Crippen molar-refractivity contribution in [3.63, 3.8) is 0 Å². The van der Waals surface area contributed by atoms with Gasteiger partial charge in [0.15, 0.2) is 5.96 Å². The minimum Gasteiger partial charge on any atom is -0.357 e. The zero-order valence-electron chi connectivity index (χ0n) is 17.3. The van der Waals surface area contributed by atoms with Gasteiger partial charge < -0.3 is 15.5 Å². The third-order valence-electron chi connectivity index (χ3n) is 5.01. The number of guanidine groups is 1.